The van der Waals surface area contributed by atoms with Crippen molar-refractivity contribution < 1.29 is 4.79 Å². The van der Waals surface area contributed by atoms with E-state index in [9.17, 15) is 4.79 Å². The first kappa shape index (κ1) is 15.3. The first-order valence-corrected chi connectivity index (χ1v) is 9.49. The molecule has 2 aromatic heterocycles. The molecule has 128 valence electrons. The van der Waals surface area contributed by atoms with Crippen LogP contribution in [-0.4, -0.2) is 20.9 Å². The molecule has 26 heavy (non-hydrogen) atoms. The van der Waals surface area contributed by atoms with Gasteiger partial charge in [-0.1, -0.05) is 24.3 Å². The number of hydrogen-bond donors (Lipinski definition) is 2. The highest BCUT2D eigenvalue weighted by Gasteiger charge is 2.28. The minimum absolute atomic E-state index is 0.0496. The molecule has 1 atom stereocenters. The Balaban J connectivity index is 1.40. The quantitative estimate of drug-likeness (QED) is 0.570. The van der Waals surface area contributed by atoms with Gasteiger partial charge >= 0.3 is 0 Å². The van der Waals surface area contributed by atoms with Crippen molar-refractivity contribution in [2.75, 3.05) is 5.32 Å². The van der Waals surface area contributed by atoms with Crippen LogP contribution >= 0.6 is 11.3 Å². The van der Waals surface area contributed by atoms with Crippen molar-refractivity contribution >= 4 is 34.0 Å². The Hall–Kier alpha value is -2.99. The largest absolute Gasteiger partial charge is 0.337 e. The summed E-state index contributed by atoms with van der Waals surface area (Å²) in [4.78, 5) is 24.9. The Labute approximate surface area is 154 Å². The first-order chi connectivity index (χ1) is 12.8. The molecule has 0 bridgehead atoms. The number of aromatic amines is 1. The van der Waals surface area contributed by atoms with Crippen molar-refractivity contribution in [2.45, 2.75) is 18.8 Å². The van der Waals surface area contributed by atoms with Gasteiger partial charge in [0.2, 0.25) is 5.91 Å². The number of nitrogens with zero attached hydrogens (tertiary/aromatic N) is 2. The second-order valence-corrected chi connectivity index (χ2v) is 7.19. The zero-order valence-corrected chi connectivity index (χ0v) is 14.7. The number of aryl methyl sites for hydroxylation is 1. The van der Waals surface area contributed by atoms with Crippen LogP contribution in [0.1, 0.15) is 23.5 Å². The molecule has 4 aromatic rings. The Morgan fingerprint density at radius 3 is 3.04 bits per heavy atom. The number of fused-ring (bicyclic) bond motifs is 2. The Bertz CT molecular complexity index is 1100. The van der Waals surface area contributed by atoms with E-state index >= 15 is 0 Å². The monoisotopic (exact) mass is 360 g/mol. The van der Waals surface area contributed by atoms with Crippen LogP contribution in [0.4, 0.5) is 5.69 Å². The van der Waals surface area contributed by atoms with Crippen LogP contribution in [-0.2, 0) is 11.2 Å². The molecular formula is C20H16N4OS. The lowest BCUT2D eigenvalue weighted by atomic mass is 10.0. The van der Waals surface area contributed by atoms with E-state index in [4.69, 9.17) is 0 Å². The van der Waals surface area contributed by atoms with E-state index in [2.05, 4.69) is 32.4 Å². The summed E-state index contributed by atoms with van der Waals surface area (Å²) in [6.45, 7) is 0. The van der Waals surface area contributed by atoms with Gasteiger partial charge in [0.05, 0.1) is 22.5 Å². The third-order valence-corrected chi connectivity index (χ3v) is 5.46. The summed E-state index contributed by atoms with van der Waals surface area (Å²) in [6.07, 6.45) is 1.83. The molecule has 2 N–H and O–H groups in total. The van der Waals surface area contributed by atoms with Gasteiger partial charge in [-0.2, -0.15) is 0 Å². The number of nitrogens with one attached hydrogen (secondary N) is 2. The number of carbonyl (C=O) groups is 1. The van der Waals surface area contributed by atoms with Gasteiger partial charge in [0, 0.05) is 11.1 Å². The van der Waals surface area contributed by atoms with Crippen molar-refractivity contribution in [1.82, 2.24) is 15.0 Å². The summed E-state index contributed by atoms with van der Waals surface area (Å²) < 4.78 is 0. The standard InChI is InChI=1S/C20H16N4OS/c25-20(15-7-5-12-3-1-2-4-14(12)15)22-13-6-8-16-17(9-13)24-19(23-16)18-10-26-11-21-18/h1-4,6,8-11,15H,5,7H2,(H,22,25)(H,23,24). The van der Waals surface area contributed by atoms with Crippen LogP contribution in [0.2, 0.25) is 0 Å². The number of benzene rings is 2. The average molecular weight is 360 g/mol. The minimum atomic E-state index is -0.0748. The molecule has 0 saturated heterocycles. The third-order valence-electron chi connectivity index (χ3n) is 4.87. The first-order valence-electron chi connectivity index (χ1n) is 8.55. The average Bonchev–Trinajstić information content (AvgIpc) is 3.39. The third kappa shape index (κ3) is 2.59. The van der Waals surface area contributed by atoms with Crippen molar-refractivity contribution in [3.63, 3.8) is 0 Å². The lowest BCUT2D eigenvalue weighted by Gasteiger charge is -2.12. The van der Waals surface area contributed by atoms with Gasteiger partial charge in [-0.05, 0) is 42.2 Å². The molecule has 0 spiro atoms. The van der Waals surface area contributed by atoms with E-state index in [0.29, 0.717) is 0 Å². The molecule has 1 aliphatic rings. The maximum absolute atomic E-state index is 12.8. The molecule has 0 fully saturated rings. The van der Waals surface area contributed by atoms with Gasteiger partial charge in [-0.25, -0.2) is 9.97 Å². The molecule has 5 rings (SSSR count). The van der Waals surface area contributed by atoms with Crippen molar-refractivity contribution in [1.29, 1.82) is 0 Å². The lowest BCUT2D eigenvalue weighted by Crippen LogP contribution is -2.19. The number of aromatic nitrogens is 3. The number of hydrogen-bond acceptors (Lipinski definition) is 4. The highest BCUT2D eigenvalue weighted by atomic mass is 32.1. The van der Waals surface area contributed by atoms with Gasteiger partial charge in [-0.15, -0.1) is 11.3 Å². The number of rotatable bonds is 3. The van der Waals surface area contributed by atoms with Crippen molar-refractivity contribution in [3.8, 4) is 11.5 Å². The number of anilines is 1. The van der Waals surface area contributed by atoms with E-state index in [0.717, 1.165) is 46.6 Å². The van der Waals surface area contributed by atoms with Gasteiger partial charge in [0.15, 0.2) is 5.82 Å². The second kappa shape index (κ2) is 6.07. The Morgan fingerprint density at radius 2 is 2.15 bits per heavy atom. The molecule has 2 heterocycles. The fourth-order valence-corrected chi connectivity index (χ4v) is 4.13. The maximum Gasteiger partial charge on any atom is 0.231 e. The number of H-pyrrole nitrogens is 1. The fourth-order valence-electron chi connectivity index (χ4n) is 3.60. The number of carbonyl (C=O) groups excluding carboxylic acids is 1. The van der Waals surface area contributed by atoms with Crippen molar-refractivity contribution in [3.05, 3.63) is 64.5 Å². The zero-order chi connectivity index (χ0) is 17.5. The molecular weight excluding hydrogens is 344 g/mol. The summed E-state index contributed by atoms with van der Waals surface area (Å²) in [5, 5.41) is 5.02. The lowest BCUT2D eigenvalue weighted by molar-refractivity contribution is -0.117. The summed E-state index contributed by atoms with van der Waals surface area (Å²) in [5.74, 6) is 0.720. The number of amides is 1. The molecule has 1 aliphatic carbocycles. The smallest absolute Gasteiger partial charge is 0.231 e. The normalized spacial score (nSPS) is 15.9. The Kier molecular flexibility index (Phi) is 3.57. The molecule has 2 aromatic carbocycles. The minimum Gasteiger partial charge on any atom is -0.337 e. The predicted molar refractivity (Wildman–Crippen MR) is 103 cm³/mol. The van der Waals surface area contributed by atoms with Crippen LogP contribution in [0.5, 0.6) is 0 Å². The van der Waals surface area contributed by atoms with E-state index in [1.165, 1.54) is 16.9 Å². The highest BCUT2D eigenvalue weighted by Crippen LogP contribution is 2.34. The van der Waals surface area contributed by atoms with Crippen LogP contribution < -0.4 is 5.32 Å². The number of thiazole rings is 1. The molecule has 6 heteroatoms. The van der Waals surface area contributed by atoms with Crippen LogP contribution in [0.15, 0.2) is 53.4 Å². The number of imidazole rings is 1. The second-order valence-electron chi connectivity index (χ2n) is 6.47. The van der Waals surface area contributed by atoms with E-state index in [1.54, 1.807) is 5.51 Å². The van der Waals surface area contributed by atoms with Gasteiger partial charge in [0.1, 0.15) is 5.69 Å². The predicted octanol–water partition coefficient (Wildman–Crippen LogP) is 4.35. The summed E-state index contributed by atoms with van der Waals surface area (Å²) >= 11 is 1.54. The molecule has 0 aliphatic heterocycles. The highest BCUT2D eigenvalue weighted by molar-refractivity contribution is 7.07. The van der Waals surface area contributed by atoms with Crippen LogP contribution in [0, 0.1) is 0 Å². The molecule has 1 unspecified atom stereocenters. The molecule has 0 saturated carbocycles. The fraction of sp³-hybridized carbons (Fsp3) is 0.150. The van der Waals surface area contributed by atoms with Gasteiger partial charge in [-0.3, -0.25) is 4.79 Å². The van der Waals surface area contributed by atoms with Crippen LogP contribution in [0.25, 0.3) is 22.6 Å². The Morgan fingerprint density at radius 1 is 1.23 bits per heavy atom. The van der Waals surface area contributed by atoms with Gasteiger partial charge in [0.25, 0.3) is 0 Å². The molecule has 0 radical (unpaired) electrons. The zero-order valence-electron chi connectivity index (χ0n) is 13.9. The van der Waals surface area contributed by atoms with E-state index < -0.39 is 0 Å². The topological polar surface area (TPSA) is 70.7 Å². The van der Waals surface area contributed by atoms with Gasteiger partial charge < -0.3 is 10.3 Å². The maximum atomic E-state index is 12.8. The van der Waals surface area contributed by atoms with Crippen LogP contribution in [0.3, 0.4) is 0 Å². The van der Waals surface area contributed by atoms with E-state index in [-0.39, 0.29) is 11.8 Å². The summed E-state index contributed by atoms with van der Waals surface area (Å²) in [5.41, 5.74) is 7.57. The molecule has 1 amide bonds. The summed E-state index contributed by atoms with van der Waals surface area (Å²) in [6, 6.07) is 13.9. The van der Waals surface area contributed by atoms with Crippen molar-refractivity contribution in [2.24, 2.45) is 0 Å². The SMILES string of the molecule is O=C(Nc1ccc2nc(-c3cscn3)[nH]c2c1)C1CCc2ccccc21. The van der Waals surface area contributed by atoms with E-state index in [1.807, 2.05) is 35.7 Å². The molecule has 5 nitrogen and oxygen atoms in total. The summed E-state index contributed by atoms with van der Waals surface area (Å²) in [7, 11) is 0.